The predicted molar refractivity (Wildman–Crippen MR) is 82.8 cm³/mol. The smallest absolute Gasteiger partial charge is 0.264 e. The number of nitrogen functional groups attached to an aromatic ring is 1. The standard InChI is InChI=1S/C13H11Cl2FN2O2S/c1-7-4-9(17)6-12(13(7)16)21(19,20)18-11-3-2-8(14)5-10(11)15/h2-6,18H,17H2,1H3. The molecule has 0 atom stereocenters. The van der Waals surface area contributed by atoms with Gasteiger partial charge in [-0.2, -0.15) is 0 Å². The molecule has 112 valence electrons. The van der Waals surface area contributed by atoms with E-state index in [1.165, 1.54) is 31.2 Å². The quantitative estimate of drug-likeness (QED) is 0.828. The Kier molecular flexibility index (Phi) is 4.32. The average molecular weight is 349 g/mol. The first-order chi connectivity index (χ1) is 9.70. The van der Waals surface area contributed by atoms with Crippen molar-refractivity contribution in [2.45, 2.75) is 11.8 Å². The number of hydrogen-bond donors (Lipinski definition) is 2. The van der Waals surface area contributed by atoms with Crippen LogP contribution in [0, 0.1) is 12.7 Å². The van der Waals surface area contributed by atoms with E-state index in [0.29, 0.717) is 5.02 Å². The molecule has 2 aromatic carbocycles. The second-order valence-corrected chi connectivity index (χ2v) is 6.87. The molecule has 0 aromatic heterocycles. The van der Waals surface area contributed by atoms with E-state index in [2.05, 4.69) is 4.72 Å². The predicted octanol–water partition coefficient (Wildman–Crippen LogP) is 3.82. The second-order valence-electron chi connectivity index (χ2n) is 4.38. The summed E-state index contributed by atoms with van der Waals surface area (Å²) in [6.45, 7) is 1.43. The van der Waals surface area contributed by atoms with Gasteiger partial charge < -0.3 is 5.73 Å². The minimum absolute atomic E-state index is 0.0977. The maximum absolute atomic E-state index is 14.0. The lowest BCUT2D eigenvalue weighted by Crippen LogP contribution is -2.16. The first-order valence-corrected chi connectivity index (χ1v) is 7.98. The van der Waals surface area contributed by atoms with Crippen molar-refractivity contribution in [1.82, 2.24) is 0 Å². The zero-order chi connectivity index (χ0) is 15.8. The summed E-state index contributed by atoms with van der Waals surface area (Å²) in [5, 5.41) is 0.459. The Labute approximate surface area is 131 Å². The van der Waals surface area contributed by atoms with Gasteiger partial charge in [-0.05, 0) is 42.8 Å². The van der Waals surface area contributed by atoms with Gasteiger partial charge in [0.1, 0.15) is 10.7 Å². The van der Waals surface area contributed by atoms with Crippen LogP contribution in [-0.2, 0) is 10.0 Å². The SMILES string of the molecule is Cc1cc(N)cc(S(=O)(=O)Nc2ccc(Cl)cc2Cl)c1F. The summed E-state index contributed by atoms with van der Waals surface area (Å²) in [6.07, 6.45) is 0. The highest BCUT2D eigenvalue weighted by atomic mass is 35.5. The molecule has 0 aliphatic heterocycles. The van der Waals surface area contributed by atoms with Crippen LogP contribution in [0.5, 0.6) is 0 Å². The van der Waals surface area contributed by atoms with Crippen LogP contribution >= 0.6 is 23.2 Å². The van der Waals surface area contributed by atoms with Gasteiger partial charge in [-0.3, -0.25) is 4.72 Å². The highest BCUT2D eigenvalue weighted by Gasteiger charge is 2.22. The fourth-order valence-corrected chi connectivity index (χ4v) is 3.51. The van der Waals surface area contributed by atoms with E-state index in [9.17, 15) is 12.8 Å². The van der Waals surface area contributed by atoms with Crippen molar-refractivity contribution in [3.05, 3.63) is 51.8 Å². The third kappa shape index (κ3) is 3.40. The van der Waals surface area contributed by atoms with E-state index in [1.54, 1.807) is 0 Å². The summed E-state index contributed by atoms with van der Waals surface area (Å²) in [7, 11) is -4.16. The Morgan fingerprint density at radius 1 is 1.19 bits per heavy atom. The zero-order valence-electron chi connectivity index (χ0n) is 10.8. The molecule has 8 heteroatoms. The maximum Gasteiger partial charge on any atom is 0.264 e. The zero-order valence-corrected chi connectivity index (χ0v) is 13.2. The first-order valence-electron chi connectivity index (χ1n) is 5.74. The molecular formula is C13H11Cl2FN2O2S. The molecule has 0 aliphatic carbocycles. The Hall–Kier alpha value is -1.50. The number of benzene rings is 2. The minimum atomic E-state index is -4.16. The summed E-state index contributed by atoms with van der Waals surface area (Å²) in [4.78, 5) is -0.536. The highest BCUT2D eigenvalue weighted by molar-refractivity contribution is 7.92. The number of halogens is 3. The maximum atomic E-state index is 14.0. The molecule has 0 aliphatic rings. The lowest BCUT2D eigenvalue weighted by Gasteiger charge is -2.12. The molecule has 0 saturated heterocycles. The molecular weight excluding hydrogens is 338 g/mol. The van der Waals surface area contributed by atoms with Gasteiger partial charge in [0.05, 0.1) is 10.7 Å². The van der Waals surface area contributed by atoms with Crippen molar-refractivity contribution in [1.29, 1.82) is 0 Å². The van der Waals surface area contributed by atoms with E-state index < -0.39 is 20.7 Å². The largest absolute Gasteiger partial charge is 0.399 e. The molecule has 4 nitrogen and oxygen atoms in total. The van der Waals surface area contributed by atoms with Gasteiger partial charge in [0, 0.05) is 10.7 Å². The van der Waals surface area contributed by atoms with Gasteiger partial charge in [0.2, 0.25) is 0 Å². The molecule has 21 heavy (non-hydrogen) atoms. The van der Waals surface area contributed by atoms with Crippen LogP contribution in [0.4, 0.5) is 15.8 Å². The van der Waals surface area contributed by atoms with Crippen molar-refractivity contribution in [3.63, 3.8) is 0 Å². The van der Waals surface area contributed by atoms with E-state index in [-0.39, 0.29) is 22.0 Å². The number of nitrogens with two attached hydrogens (primary N) is 1. The molecule has 2 aromatic rings. The molecule has 0 fully saturated rings. The van der Waals surface area contributed by atoms with Gasteiger partial charge >= 0.3 is 0 Å². The number of sulfonamides is 1. The number of rotatable bonds is 3. The highest BCUT2D eigenvalue weighted by Crippen LogP contribution is 2.29. The molecule has 0 amide bonds. The van der Waals surface area contributed by atoms with Crippen LogP contribution < -0.4 is 10.5 Å². The number of hydrogen-bond acceptors (Lipinski definition) is 3. The summed E-state index contributed by atoms with van der Waals surface area (Å²) >= 11 is 11.6. The Morgan fingerprint density at radius 3 is 2.48 bits per heavy atom. The third-order valence-electron chi connectivity index (χ3n) is 2.71. The van der Waals surface area contributed by atoms with E-state index in [0.717, 1.165) is 6.07 Å². The number of aryl methyl sites for hydroxylation is 1. The van der Waals surface area contributed by atoms with Crippen molar-refractivity contribution in [2.24, 2.45) is 0 Å². The van der Waals surface area contributed by atoms with Gasteiger partial charge in [0.15, 0.2) is 0 Å². The third-order valence-corrected chi connectivity index (χ3v) is 4.62. The normalized spacial score (nSPS) is 11.4. The summed E-state index contributed by atoms with van der Waals surface area (Å²) < 4.78 is 40.8. The molecule has 2 rings (SSSR count). The van der Waals surface area contributed by atoms with Gasteiger partial charge in [-0.1, -0.05) is 23.2 Å². The van der Waals surface area contributed by atoms with Crippen LogP contribution in [0.25, 0.3) is 0 Å². The van der Waals surface area contributed by atoms with Gasteiger partial charge in [-0.25, -0.2) is 12.8 Å². The number of nitrogens with one attached hydrogen (secondary N) is 1. The van der Waals surface area contributed by atoms with Crippen molar-refractivity contribution < 1.29 is 12.8 Å². The van der Waals surface area contributed by atoms with Crippen LogP contribution in [-0.4, -0.2) is 8.42 Å². The van der Waals surface area contributed by atoms with Crippen molar-refractivity contribution >= 4 is 44.6 Å². The van der Waals surface area contributed by atoms with Crippen molar-refractivity contribution in [2.75, 3.05) is 10.5 Å². The molecule has 0 spiro atoms. The number of anilines is 2. The fraction of sp³-hybridized carbons (Fsp3) is 0.0769. The van der Waals surface area contributed by atoms with Crippen LogP contribution in [0.3, 0.4) is 0 Å². The first kappa shape index (κ1) is 15.9. The molecule has 0 unspecified atom stereocenters. The molecule has 0 saturated carbocycles. The van der Waals surface area contributed by atoms with Crippen LogP contribution in [0.1, 0.15) is 5.56 Å². The molecule has 0 bridgehead atoms. The Bertz CT molecular complexity index is 810. The van der Waals surface area contributed by atoms with Gasteiger partial charge in [-0.15, -0.1) is 0 Å². The average Bonchev–Trinajstić information content (AvgIpc) is 2.37. The van der Waals surface area contributed by atoms with E-state index in [4.69, 9.17) is 28.9 Å². The van der Waals surface area contributed by atoms with Crippen LogP contribution in [0.15, 0.2) is 35.2 Å². The van der Waals surface area contributed by atoms with E-state index in [1.807, 2.05) is 0 Å². The van der Waals surface area contributed by atoms with Crippen molar-refractivity contribution in [3.8, 4) is 0 Å². The van der Waals surface area contributed by atoms with Gasteiger partial charge in [0.25, 0.3) is 10.0 Å². The molecule has 0 radical (unpaired) electrons. The minimum Gasteiger partial charge on any atom is -0.399 e. The lowest BCUT2D eigenvalue weighted by molar-refractivity contribution is 0.565. The summed E-state index contributed by atoms with van der Waals surface area (Å²) in [6, 6.07) is 6.63. The Balaban J connectivity index is 2.48. The van der Waals surface area contributed by atoms with E-state index >= 15 is 0 Å². The lowest BCUT2D eigenvalue weighted by atomic mass is 10.2. The fourth-order valence-electron chi connectivity index (χ4n) is 1.73. The molecule has 0 heterocycles. The summed E-state index contributed by atoms with van der Waals surface area (Å²) in [5.41, 5.74) is 5.95. The Morgan fingerprint density at radius 2 is 1.86 bits per heavy atom. The molecule has 3 N–H and O–H groups in total. The summed E-state index contributed by atoms with van der Waals surface area (Å²) in [5.74, 6) is -0.859. The monoisotopic (exact) mass is 348 g/mol. The topological polar surface area (TPSA) is 72.2 Å². The second kappa shape index (κ2) is 5.71. The van der Waals surface area contributed by atoms with Crippen LogP contribution in [0.2, 0.25) is 10.0 Å².